The number of rotatable bonds is 2. The summed E-state index contributed by atoms with van der Waals surface area (Å²) in [5.41, 5.74) is 3.40. The zero-order valence-electron chi connectivity index (χ0n) is 8.92. The molecule has 0 radical (unpaired) electrons. The van der Waals surface area contributed by atoms with E-state index in [2.05, 4.69) is 36.5 Å². The van der Waals surface area contributed by atoms with Crippen molar-refractivity contribution in [3.05, 3.63) is 29.3 Å². The van der Waals surface area contributed by atoms with Crippen LogP contribution in [-0.4, -0.2) is 11.7 Å². The maximum atomic E-state index is 5.12. The zero-order valence-corrected chi connectivity index (χ0v) is 9.74. The minimum absolute atomic E-state index is 0.441. The van der Waals surface area contributed by atoms with Gasteiger partial charge in [-0.15, -0.1) is 6.42 Å². The van der Waals surface area contributed by atoms with Crippen molar-refractivity contribution in [2.75, 3.05) is 11.9 Å². The summed E-state index contributed by atoms with van der Waals surface area (Å²) in [5, 5.41) is 6.54. The average Bonchev–Trinajstić information content (AvgIpc) is 2.13. The van der Waals surface area contributed by atoms with Crippen LogP contribution in [0.2, 0.25) is 0 Å². The molecule has 0 unspecified atom stereocenters. The number of hydrogen-bond acceptors (Lipinski definition) is 1. The van der Waals surface area contributed by atoms with Crippen LogP contribution in [0, 0.1) is 26.2 Å². The number of thiocarbonyl (C=S) groups is 1. The predicted octanol–water partition coefficient (Wildman–Crippen LogP) is 2.22. The molecule has 15 heavy (non-hydrogen) atoms. The molecule has 1 aromatic carbocycles. The van der Waals surface area contributed by atoms with Crippen LogP contribution in [0.15, 0.2) is 18.2 Å². The Bertz CT molecular complexity index is 384. The first-order valence-electron chi connectivity index (χ1n) is 4.68. The van der Waals surface area contributed by atoms with Gasteiger partial charge in [0.1, 0.15) is 0 Å². The van der Waals surface area contributed by atoms with Crippen LogP contribution in [-0.2, 0) is 0 Å². The van der Waals surface area contributed by atoms with E-state index in [9.17, 15) is 0 Å². The van der Waals surface area contributed by atoms with Crippen molar-refractivity contribution in [3.8, 4) is 12.3 Å². The molecule has 2 N–H and O–H groups in total. The molecule has 0 aliphatic rings. The summed E-state index contributed by atoms with van der Waals surface area (Å²) in [6, 6.07) is 6.19. The molecule has 0 saturated heterocycles. The lowest BCUT2D eigenvalue weighted by Crippen LogP contribution is -2.28. The van der Waals surface area contributed by atoms with Crippen LogP contribution in [0.5, 0.6) is 0 Å². The van der Waals surface area contributed by atoms with Crippen molar-refractivity contribution in [1.29, 1.82) is 0 Å². The standard InChI is InChI=1S/C12H14N2S/c1-4-5-13-12(15)14-11-7-9(2)6-10(3)8-11/h1,6-8H,5H2,2-3H3,(H2,13,14,15). The highest BCUT2D eigenvalue weighted by molar-refractivity contribution is 7.80. The van der Waals surface area contributed by atoms with Crippen molar-refractivity contribution in [2.45, 2.75) is 13.8 Å². The minimum atomic E-state index is 0.441. The van der Waals surface area contributed by atoms with Gasteiger partial charge in [-0.25, -0.2) is 0 Å². The highest BCUT2D eigenvalue weighted by Gasteiger charge is 1.97. The molecule has 78 valence electrons. The van der Waals surface area contributed by atoms with Crippen LogP contribution in [0.1, 0.15) is 11.1 Å². The fourth-order valence-corrected chi connectivity index (χ4v) is 1.54. The second-order valence-electron chi connectivity index (χ2n) is 3.39. The molecule has 0 aromatic heterocycles. The van der Waals surface area contributed by atoms with Crippen molar-refractivity contribution in [1.82, 2.24) is 5.32 Å². The van der Waals surface area contributed by atoms with Gasteiger partial charge in [0, 0.05) is 5.69 Å². The van der Waals surface area contributed by atoms with Gasteiger partial charge in [-0.3, -0.25) is 0 Å². The predicted molar refractivity (Wildman–Crippen MR) is 69.0 cm³/mol. The second kappa shape index (κ2) is 5.38. The maximum Gasteiger partial charge on any atom is 0.171 e. The highest BCUT2D eigenvalue weighted by Crippen LogP contribution is 2.13. The Morgan fingerprint density at radius 2 is 1.93 bits per heavy atom. The largest absolute Gasteiger partial charge is 0.352 e. The first-order chi connectivity index (χ1) is 7.11. The second-order valence-corrected chi connectivity index (χ2v) is 3.80. The summed E-state index contributed by atoms with van der Waals surface area (Å²) >= 11 is 5.07. The smallest absolute Gasteiger partial charge is 0.171 e. The molecule has 0 aliphatic heterocycles. The van der Waals surface area contributed by atoms with E-state index in [0.717, 1.165) is 5.69 Å². The molecule has 0 bridgehead atoms. The molecule has 0 saturated carbocycles. The van der Waals surface area contributed by atoms with E-state index in [0.29, 0.717) is 11.7 Å². The Labute approximate surface area is 96.1 Å². The molecule has 3 heteroatoms. The van der Waals surface area contributed by atoms with Gasteiger partial charge in [0.25, 0.3) is 0 Å². The van der Waals surface area contributed by atoms with Crippen molar-refractivity contribution < 1.29 is 0 Å². The first-order valence-corrected chi connectivity index (χ1v) is 5.09. The Hall–Kier alpha value is -1.53. The summed E-state index contributed by atoms with van der Waals surface area (Å²) in [6.07, 6.45) is 5.12. The quantitative estimate of drug-likeness (QED) is 0.588. The summed E-state index contributed by atoms with van der Waals surface area (Å²) in [4.78, 5) is 0. The van der Waals surface area contributed by atoms with Gasteiger partial charge in [-0.05, 0) is 49.3 Å². The number of benzene rings is 1. The van der Waals surface area contributed by atoms with E-state index in [1.807, 2.05) is 12.1 Å². The summed E-state index contributed by atoms with van der Waals surface area (Å²) in [5.74, 6) is 2.47. The van der Waals surface area contributed by atoms with Gasteiger partial charge in [-0.2, -0.15) is 0 Å². The normalized spacial score (nSPS) is 9.13. The fraction of sp³-hybridized carbons (Fsp3) is 0.250. The van der Waals surface area contributed by atoms with Crippen LogP contribution in [0.4, 0.5) is 5.69 Å². The van der Waals surface area contributed by atoms with Crippen LogP contribution in [0.25, 0.3) is 0 Å². The Morgan fingerprint density at radius 3 is 2.47 bits per heavy atom. The third-order valence-corrected chi connectivity index (χ3v) is 2.08. The lowest BCUT2D eigenvalue weighted by atomic mass is 10.1. The van der Waals surface area contributed by atoms with Crippen molar-refractivity contribution in [3.63, 3.8) is 0 Å². The lowest BCUT2D eigenvalue weighted by molar-refractivity contribution is 1.09. The zero-order chi connectivity index (χ0) is 11.3. The summed E-state index contributed by atoms with van der Waals surface area (Å²) in [7, 11) is 0. The molecule has 0 fully saturated rings. The van der Waals surface area contributed by atoms with Crippen molar-refractivity contribution >= 4 is 23.0 Å². The molecule has 0 atom stereocenters. The van der Waals surface area contributed by atoms with Gasteiger partial charge >= 0.3 is 0 Å². The number of hydrogen-bond donors (Lipinski definition) is 2. The fourth-order valence-electron chi connectivity index (χ4n) is 1.35. The van der Waals surface area contributed by atoms with Crippen LogP contribution in [0.3, 0.4) is 0 Å². The molecular formula is C12H14N2S. The minimum Gasteiger partial charge on any atom is -0.352 e. The molecule has 2 nitrogen and oxygen atoms in total. The van der Waals surface area contributed by atoms with E-state index in [1.165, 1.54) is 11.1 Å². The Kier molecular flexibility index (Phi) is 4.14. The molecule has 1 aromatic rings. The van der Waals surface area contributed by atoms with Gasteiger partial charge in [-0.1, -0.05) is 12.0 Å². The van der Waals surface area contributed by atoms with Gasteiger partial charge in [0.2, 0.25) is 0 Å². The topological polar surface area (TPSA) is 24.1 Å². The summed E-state index contributed by atoms with van der Waals surface area (Å²) < 4.78 is 0. The molecule has 0 spiro atoms. The van der Waals surface area contributed by atoms with E-state index in [1.54, 1.807) is 0 Å². The lowest BCUT2D eigenvalue weighted by Gasteiger charge is -2.09. The Morgan fingerprint density at radius 1 is 1.33 bits per heavy atom. The first kappa shape index (κ1) is 11.5. The molecule has 0 amide bonds. The molecule has 1 rings (SSSR count). The number of aryl methyl sites for hydroxylation is 2. The maximum absolute atomic E-state index is 5.12. The van der Waals surface area contributed by atoms with E-state index in [4.69, 9.17) is 18.6 Å². The number of nitrogens with one attached hydrogen (secondary N) is 2. The number of terminal acetylenes is 1. The molecule has 0 aliphatic carbocycles. The third kappa shape index (κ3) is 4.01. The van der Waals surface area contributed by atoms with Crippen LogP contribution < -0.4 is 10.6 Å². The Balaban J connectivity index is 2.65. The van der Waals surface area contributed by atoms with Gasteiger partial charge < -0.3 is 10.6 Å². The van der Waals surface area contributed by atoms with Gasteiger partial charge in [0.05, 0.1) is 6.54 Å². The van der Waals surface area contributed by atoms with E-state index >= 15 is 0 Å². The van der Waals surface area contributed by atoms with Crippen molar-refractivity contribution in [2.24, 2.45) is 0 Å². The monoisotopic (exact) mass is 218 g/mol. The van der Waals surface area contributed by atoms with E-state index < -0.39 is 0 Å². The SMILES string of the molecule is C#CCNC(=S)Nc1cc(C)cc(C)c1. The molecule has 0 heterocycles. The van der Waals surface area contributed by atoms with Gasteiger partial charge in [0.15, 0.2) is 5.11 Å². The average molecular weight is 218 g/mol. The third-order valence-electron chi connectivity index (χ3n) is 1.83. The number of anilines is 1. The highest BCUT2D eigenvalue weighted by atomic mass is 32.1. The summed E-state index contributed by atoms with van der Waals surface area (Å²) in [6.45, 7) is 4.54. The van der Waals surface area contributed by atoms with Crippen LogP contribution >= 0.6 is 12.2 Å². The molecular weight excluding hydrogens is 204 g/mol. The van der Waals surface area contributed by atoms with E-state index in [-0.39, 0.29) is 0 Å².